The van der Waals surface area contributed by atoms with Crippen LogP contribution in [0.5, 0.6) is 0 Å². The average Bonchev–Trinajstić information content (AvgIpc) is 3.05. The van der Waals surface area contributed by atoms with Crippen molar-refractivity contribution in [2.45, 2.75) is 26.6 Å². The number of carbonyl (C=O) groups excluding carboxylic acids is 2. The minimum absolute atomic E-state index is 0.0591. The molecule has 0 radical (unpaired) electrons. The summed E-state index contributed by atoms with van der Waals surface area (Å²) in [7, 11) is 0. The van der Waals surface area contributed by atoms with Crippen LogP contribution in [0.25, 0.3) is 10.9 Å². The lowest BCUT2D eigenvalue weighted by Crippen LogP contribution is -2.39. The number of carbonyl (C=O) groups is 2. The van der Waals surface area contributed by atoms with E-state index in [-0.39, 0.29) is 29.6 Å². The lowest BCUT2D eigenvalue weighted by molar-refractivity contribution is -0.127. The van der Waals surface area contributed by atoms with E-state index in [1.54, 1.807) is 43.3 Å². The average molecular weight is 420 g/mol. The Morgan fingerprint density at radius 2 is 1.77 bits per heavy atom. The summed E-state index contributed by atoms with van der Waals surface area (Å²) in [6.07, 6.45) is -1.16. The summed E-state index contributed by atoms with van der Waals surface area (Å²) in [5, 5.41) is 18.6. The van der Waals surface area contributed by atoms with Gasteiger partial charge in [-0.3, -0.25) is 20.9 Å². The van der Waals surface area contributed by atoms with Crippen molar-refractivity contribution in [3.63, 3.8) is 0 Å². The topological polar surface area (TPSA) is 171 Å². The first-order chi connectivity index (χ1) is 14.7. The van der Waals surface area contributed by atoms with Crippen LogP contribution in [0.2, 0.25) is 0 Å². The van der Waals surface area contributed by atoms with Crippen LogP contribution in [0.15, 0.2) is 42.5 Å². The summed E-state index contributed by atoms with van der Waals surface area (Å²) >= 11 is 0. The first-order valence-electron chi connectivity index (χ1n) is 9.52. The molecule has 2 aromatic carbocycles. The summed E-state index contributed by atoms with van der Waals surface area (Å²) in [4.78, 5) is 28.1. The Hall–Kier alpha value is -3.98. The van der Waals surface area contributed by atoms with Crippen LogP contribution >= 0.6 is 0 Å². The Kier molecular flexibility index (Phi) is 6.17. The molecule has 160 valence electrons. The molecule has 9 heteroatoms. The third-order valence-electron chi connectivity index (χ3n) is 4.82. The number of hydrogen-bond acceptors (Lipinski definition) is 6. The molecule has 1 aromatic heterocycles. The maximum Gasteiger partial charge on any atom is 0.342 e. The van der Waals surface area contributed by atoms with Crippen LogP contribution in [0.4, 0.5) is 0 Å². The zero-order valence-corrected chi connectivity index (χ0v) is 17.2. The van der Waals surface area contributed by atoms with E-state index in [2.05, 4.69) is 10.3 Å². The number of esters is 1. The van der Waals surface area contributed by atoms with E-state index in [4.69, 9.17) is 27.0 Å². The number of nitrogens with one attached hydrogen (secondary N) is 4. The quantitative estimate of drug-likeness (QED) is 0.141. The predicted octanol–water partition coefficient (Wildman–Crippen LogP) is 1.91. The molecular formula is C22H24N6O3. The molecule has 0 spiro atoms. The van der Waals surface area contributed by atoms with Crippen molar-refractivity contribution in [1.82, 2.24) is 10.3 Å². The van der Waals surface area contributed by atoms with E-state index < -0.39 is 12.2 Å². The van der Waals surface area contributed by atoms with E-state index in [1.165, 1.54) is 6.92 Å². The number of aromatic amines is 1. The zero-order valence-electron chi connectivity index (χ0n) is 17.2. The summed E-state index contributed by atoms with van der Waals surface area (Å²) in [6, 6.07) is 12.1. The molecular weight excluding hydrogens is 396 g/mol. The monoisotopic (exact) mass is 420 g/mol. The van der Waals surface area contributed by atoms with E-state index >= 15 is 0 Å². The number of rotatable bonds is 8. The van der Waals surface area contributed by atoms with Crippen LogP contribution in [0.1, 0.15) is 39.7 Å². The summed E-state index contributed by atoms with van der Waals surface area (Å²) in [6.45, 7) is 3.29. The fourth-order valence-electron chi connectivity index (χ4n) is 3.25. The molecule has 1 unspecified atom stereocenters. The molecule has 0 aliphatic heterocycles. The number of ether oxygens (including phenoxy) is 1. The van der Waals surface area contributed by atoms with Gasteiger partial charge < -0.3 is 21.2 Å². The highest BCUT2D eigenvalue weighted by Crippen LogP contribution is 2.24. The Balaban J connectivity index is 1.81. The van der Waals surface area contributed by atoms with E-state index in [0.717, 1.165) is 5.56 Å². The first kappa shape index (κ1) is 21.7. The van der Waals surface area contributed by atoms with Gasteiger partial charge in [-0.2, -0.15) is 0 Å². The third kappa shape index (κ3) is 4.78. The molecule has 0 saturated heterocycles. The van der Waals surface area contributed by atoms with Gasteiger partial charge in [0, 0.05) is 34.3 Å². The molecule has 8 N–H and O–H groups in total. The predicted molar refractivity (Wildman–Crippen MR) is 118 cm³/mol. The maximum absolute atomic E-state index is 12.9. The van der Waals surface area contributed by atoms with Crippen molar-refractivity contribution in [3.05, 3.63) is 70.4 Å². The molecule has 0 saturated carbocycles. The Bertz CT molecular complexity index is 1200. The second-order valence-corrected chi connectivity index (χ2v) is 7.19. The van der Waals surface area contributed by atoms with Gasteiger partial charge in [-0.1, -0.05) is 18.2 Å². The highest BCUT2D eigenvalue weighted by molar-refractivity contribution is 6.08. The minimum atomic E-state index is -1.16. The number of nitrogens with two attached hydrogens (primary N) is 2. The van der Waals surface area contributed by atoms with Gasteiger partial charge in [-0.15, -0.1) is 0 Å². The van der Waals surface area contributed by atoms with Crippen molar-refractivity contribution < 1.29 is 14.3 Å². The zero-order chi connectivity index (χ0) is 22.7. The van der Waals surface area contributed by atoms with E-state index in [0.29, 0.717) is 27.7 Å². The molecule has 3 rings (SSSR count). The van der Waals surface area contributed by atoms with Crippen molar-refractivity contribution in [2.75, 3.05) is 0 Å². The number of fused-ring (bicyclic) bond motifs is 1. The van der Waals surface area contributed by atoms with Gasteiger partial charge in [0.05, 0.1) is 5.56 Å². The Morgan fingerprint density at radius 1 is 1.10 bits per heavy atom. The van der Waals surface area contributed by atoms with Gasteiger partial charge in [-0.25, -0.2) is 4.79 Å². The molecule has 0 amide bonds. The van der Waals surface area contributed by atoms with E-state index in [1.807, 2.05) is 6.07 Å². The summed E-state index contributed by atoms with van der Waals surface area (Å²) < 4.78 is 5.47. The molecule has 0 bridgehead atoms. The van der Waals surface area contributed by atoms with E-state index in [9.17, 15) is 9.59 Å². The number of benzene rings is 2. The maximum atomic E-state index is 12.9. The second kappa shape index (κ2) is 8.80. The number of hydrogen-bond donors (Lipinski definition) is 6. The van der Waals surface area contributed by atoms with Gasteiger partial charge >= 0.3 is 5.97 Å². The second-order valence-electron chi connectivity index (χ2n) is 7.19. The fourth-order valence-corrected chi connectivity index (χ4v) is 3.25. The van der Waals surface area contributed by atoms with Gasteiger partial charge in [0.1, 0.15) is 11.7 Å². The lowest BCUT2D eigenvalue weighted by atomic mass is 10.1. The first-order valence-corrected chi connectivity index (χ1v) is 9.52. The number of Topliss-reactive ketones (excluding diaryl/α,β-unsaturated/α-hetero) is 1. The van der Waals surface area contributed by atoms with Crippen molar-refractivity contribution in [2.24, 2.45) is 11.5 Å². The van der Waals surface area contributed by atoms with Crippen molar-refractivity contribution in [1.29, 1.82) is 10.8 Å². The fraction of sp³-hybridized carbons (Fsp3) is 0.182. The minimum Gasteiger partial charge on any atom is -0.435 e. The molecule has 0 aliphatic carbocycles. The number of aryl methyl sites for hydroxylation is 1. The van der Waals surface area contributed by atoms with Crippen LogP contribution in [0.3, 0.4) is 0 Å². The van der Waals surface area contributed by atoms with Crippen LogP contribution in [-0.2, 0) is 16.1 Å². The number of nitrogen functional groups attached to an aromatic ring is 2. The summed E-state index contributed by atoms with van der Waals surface area (Å²) in [5.41, 5.74) is 14.5. The molecule has 0 fully saturated rings. The SMILES string of the molecule is CC(=O)C(NCc1cccc(C(=N)N)c1)OC(=O)c1c(C)[nH]c2ccc(C(=N)N)cc12. The molecule has 0 aliphatic rings. The van der Waals surface area contributed by atoms with Gasteiger partial charge in [-0.05, 0) is 43.7 Å². The standard InChI is InChI=1S/C22H24N6O3/c1-11-18(16-9-15(20(25)26)6-7-17(16)28-11)22(30)31-21(12(2)29)27-10-13-4-3-5-14(8-13)19(23)24/h3-9,21,27-28H,10H2,1-2H3,(H3,23,24)(H3,25,26). The highest BCUT2D eigenvalue weighted by Gasteiger charge is 2.24. The number of ketones is 1. The van der Waals surface area contributed by atoms with Crippen LogP contribution < -0.4 is 16.8 Å². The van der Waals surface area contributed by atoms with Crippen LogP contribution in [-0.4, -0.2) is 34.6 Å². The molecule has 1 heterocycles. The normalized spacial score (nSPS) is 11.8. The Labute approximate surface area is 178 Å². The summed E-state index contributed by atoms with van der Waals surface area (Å²) in [5.74, 6) is -1.21. The van der Waals surface area contributed by atoms with Crippen molar-refractivity contribution >= 4 is 34.3 Å². The molecule has 1 atom stereocenters. The van der Waals surface area contributed by atoms with Gasteiger partial charge in [0.2, 0.25) is 6.23 Å². The highest BCUT2D eigenvalue weighted by atomic mass is 16.6. The number of amidine groups is 2. The van der Waals surface area contributed by atoms with Gasteiger partial charge in [0.25, 0.3) is 0 Å². The lowest BCUT2D eigenvalue weighted by Gasteiger charge is -2.17. The van der Waals surface area contributed by atoms with Crippen LogP contribution in [0, 0.1) is 17.7 Å². The van der Waals surface area contributed by atoms with Crippen molar-refractivity contribution in [3.8, 4) is 0 Å². The third-order valence-corrected chi connectivity index (χ3v) is 4.82. The Morgan fingerprint density at radius 3 is 2.42 bits per heavy atom. The smallest absolute Gasteiger partial charge is 0.342 e. The molecule has 31 heavy (non-hydrogen) atoms. The molecule has 9 nitrogen and oxygen atoms in total. The van der Waals surface area contributed by atoms with Gasteiger partial charge in [0.15, 0.2) is 5.78 Å². The number of H-pyrrole nitrogens is 1. The molecule has 3 aromatic rings. The largest absolute Gasteiger partial charge is 0.435 e. The number of aromatic nitrogens is 1.